The zero-order valence-corrected chi connectivity index (χ0v) is 17.7. The van der Waals surface area contributed by atoms with E-state index in [1.165, 1.54) is 19.5 Å². The standard InChI is InChI=1S/C22H17ClFN7O/c1-32-19-5-3-16(23)14(20(19)24)9-27-21-15-11-31(30-22(15)29-12-28-21)10-13-2-4-17-18(8-13)26-7-6-25-17/h2-8,11-12H,9-10H2,1H3,(H,27,28,29,30). The largest absolute Gasteiger partial charge is 0.494 e. The smallest absolute Gasteiger partial charge is 0.186 e. The van der Waals surface area contributed by atoms with E-state index in [9.17, 15) is 4.39 Å². The van der Waals surface area contributed by atoms with Crippen LogP contribution in [-0.4, -0.2) is 36.8 Å². The van der Waals surface area contributed by atoms with Crippen LogP contribution >= 0.6 is 11.6 Å². The molecule has 0 aliphatic carbocycles. The van der Waals surface area contributed by atoms with Crippen LogP contribution < -0.4 is 10.1 Å². The van der Waals surface area contributed by atoms with Crippen molar-refractivity contribution in [2.45, 2.75) is 13.1 Å². The highest BCUT2D eigenvalue weighted by atomic mass is 35.5. The first-order chi connectivity index (χ1) is 15.6. The Morgan fingerprint density at radius 1 is 1.06 bits per heavy atom. The fourth-order valence-electron chi connectivity index (χ4n) is 3.47. The number of halogens is 2. The highest BCUT2D eigenvalue weighted by molar-refractivity contribution is 6.31. The summed E-state index contributed by atoms with van der Waals surface area (Å²) in [4.78, 5) is 17.2. The third-order valence-electron chi connectivity index (χ3n) is 5.05. The SMILES string of the molecule is COc1ccc(Cl)c(CNc2ncnc3nn(Cc4ccc5nccnc5c4)cc23)c1F. The molecule has 5 rings (SSSR count). The van der Waals surface area contributed by atoms with Gasteiger partial charge in [-0.2, -0.15) is 5.10 Å². The molecule has 0 amide bonds. The molecule has 0 unspecified atom stereocenters. The Labute approximate surface area is 187 Å². The minimum atomic E-state index is -0.507. The molecule has 160 valence electrons. The van der Waals surface area contributed by atoms with Crippen LogP contribution in [0.1, 0.15) is 11.1 Å². The van der Waals surface area contributed by atoms with Crippen molar-refractivity contribution in [1.82, 2.24) is 29.7 Å². The van der Waals surface area contributed by atoms with Crippen LogP contribution in [0.4, 0.5) is 10.2 Å². The first-order valence-corrected chi connectivity index (χ1v) is 10.1. The molecule has 8 nitrogen and oxygen atoms in total. The molecule has 32 heavy (non-hydrogen) atoms. The second kappa shape index (κ2) is 8.35. The molecule has 3 heterocycles. The number of hydrogen-bond acceptors (Lipinski definition) is 7. The lowest BCUT2D eigenvalue weighted by molar-refractivity contribution is 0.384. The van der Waals surface area contributed by atoms with Crippen LogP contribution in [0, 0.1) is 5.82 Å². The first kappa shape index (κ1) is 20.1. The number of aromatic nitrogens is 6. The van der Waals surface area contributed by atoms with Crippen molar-refractivity contribution in [3.05, 3.63) is 77.2 Å². The summed E-state index contributed by atoms with van der Waals surface area (Å²) in [6, 6.07) is 8.99. The number of nitrogens with zero attached hydrogens (tertiary/aromatic N) is 6. The molecule has 0 fully saturated rings. The van der Waals surface area contributed by atoms with Crippen molar-refractivity contribution >= 4 is 39.5 Å². The van der Waals surface area contributed by atoms with Gasteiger partial charge in [0.2, 0.25) is 0 Å². The Kier molecular flexibility index (Phi) is 5.24. The van der Waals surface area contributed by atoms with Gasteiger partial charge in [-0.05, 0) is 29.8 Å². The maximum Gasteiger partial charge on any atom is 0.186 e. The number of nitrogens with one attached hydrogen (secondary N) is 1. The second-order valence-electron chi connectivity index (χ2n) is 7.06. The summed E-state index contributed by atoms with van der Waals surface area (Å²) in [5.74, 6) is 0.156. The maximum atomic E-state index is 14.6. The summed E-state index contributed by atoms with van der Waals surface area (Å²) in [5.41, 5.74) is 3.50. The van der Waals surface area contributed by atoms with Crippen LogP contribution in [0.15, 0.2) is 55.2 Å². The number of ether oxygens (including phenoxy) is 1. The zero-order chi connectivity index (χ0) is 22.1. The van der Waals surface area contributed by atoms with Gasteiger partial charge in [0, 0.05) is 35.7 Å². The lowest BCUT2D eigenvalue weighted by Gasteiger charge is -2.11. The summed E-state index contributed by atoms with van der Waals surface area (Å²) in [7, 11) is 1.41. The van der Waals surface area contributed by atoms with Gasteiger partial charge in [0.15, 0.2) is 17.2 Å². The van der Waals surface area contributed by atoms with Crippen LogP contribution in [0.25, 0.3) is 22.1 Å². The number of fused-ring (bicyclic) bond motifs is 2. The molecule has 0 spiro atoms. The number of hydrogen-bond donors (Lipinski definition) is 1. The van der Waals surface area contributed by atoms with E-state index in [1.54, 1.807) is 23.1 Å². The predicted molar refractivity (Wildman–Crippen MR) is 119 cm³/mol. The monoisotopic (exact) mass is 449 g/mol. The Morgan fingerprint density at radius 3 is 2.75 bits per heavy atom. The van der Waals surface area contributed by atoms with Crippen molar-refractivity contribution in [1.29, 1.82) is 0 Å². The van der Waals surface area contributed by atoms with E-state index in [0.29, 0.717) is 34.0 Å². The van der Waals surface area contributed by atoms with Crippen molar-refractivity contribution in [2.24, 2.45) is 0 Å². The minimum Gasteiger partial charge on any atom is -0.494 e. The summed E-state index contributed by atoms with van der Waals surface area (Å²) < 4.78 is 21.4. The first-order valence-electron chi connectivity index (χ1n) is 9.75. The molecule has 10 heteroatoms. The molecule has 1 N–H and O–H groups in total. The van der Waals surface area contributed by atoms with Gasteiger partial charge in [-0.1, -0.05) is 17.7 Å². The van der Waals surface area contributed by atoms with Crippen LogP contribution in [0.5, 0.6) is 5.75 Å². The number of anilines is 1. The molecule has 5 aromatic rings. The maximum absolute atomic E-state index is 14.6. The van der Waals surface area contributed by atoms with Gasteiger partial charge < -0.3 is 10.1 Å². The number of methoxy groups -OCH3 is 1. The van der Waals surface area contributed by atoms with Crippen LogP contribution in [0.2, 0.25) is 5.02 Å². The van der Waals surface area contributed by atoms with Crippen LogP contribution in [-0.2, 0) is 13.1 Å². The average molecular weight is 450 g/mol. The Hall–Kier alpha value is -3.85. The molecule has 0 radical (unpaired) electrons. The molecular formula is C22H17ClFN7O. The van der Waals surface area contributed by atoms with E-state index in [0.717, 1.165) is 16.6 Å². The molecule has 0 saturated carbocycles. The van der Waals surface area contributed by atoms with Crippen LogP contribution in [0.3, 0.4) is 0 Å². The van der Waals surface area contributed by atoms with Gasteiger partial charge in [0.25, 0.3) is 0 Å². The summed E-state index contributed by atoms with van der Waals surface area (Å²) in [6.45, 7) is 0.654. The quantitative estimate of drug-likeness (QED) is 0.414. The van der Waals surface area contributed by atoms with Gasteiger partial charge in [-0.25, -0.2) is 14.4 Å². The minimum absolute atomic E-state index is 0.127. The van der Waals surface area contributed by atoms with Crippen molar-refractivity contribution in [3.8, 4) is 5.75 Å². The molecule has 0 aliphatic heterocycles. The Balaban J connectivity index is 1.41. The summed E-state index contributed by atoms with van der Waals surface area (Å²) in [5, 5.41) is 8.69. The van der Waals surface area contributed by atoms with Gasteiger partial charge in [0.1, 0.15) is 12.1 Å². The van der Waals surface area contributed by atoms with Gasteiger partial charge >= 0.3 is 0 Å². The Morgan fingerprint density at radius 2 is 1.91 bits per heavy atom. The van der Waals surface area contributed by atoms with E-state index in [4.69, 9.17) is 16.3 Å². The van der Waals surface area contributed by atoms with E-state index >= 15 is 0 Å². The highest BCUT2D eigenvalue weighted by Gasteiger charge is 2.15. The zero-order valence-electron chi connectivity index (χ0n) is 17.0. The molecule has 0 aliphatic rings. The molecular weight excluding hydrogens is 433 g/mol. The fourth-order valence-corrected chi connectivity index (χ4v) is 3.68. The fraction of sp³-hybridized carbons (Fsp3) is 0.136. The molecule has 0 atom stereocenters. The topological polar surface area (TPSA) is 90.6 Å². The molecule has 0 bridgehead atoms. The normalized spacial score (nSPS) is 11.2. The van der Waals surface area contributed by atoms with Crippen molar-refractivity contribution in [2.75, 3.05) is 12.4 Å². The lowest BCUT2D eigenvalue weighted by atomic mass is 10.2. The predicted octanol–water partition coefficient (Wildman–Crippen LogP) is 4.23. The van der Waals surface area contributed by atoms with Gasteiger partial charge in [-0.3, -0.25) is 14.6 Å². The third kappa shape index (κ3) is 3.78. The summed E-state index contributed by atoms with van der Waals surface area (Å²) >= 11 is 6.18. The number of benzene rings is 2. The van der Waals surface area contributed by atoms with Gasteiger partial charge in [-0.15, -0.1) is 0 Å². The van der Waals surface area contributed by atoms with E-state index in [-0.39, 0.29) is 12.3 Å². The lowest BCUT2D eigenvalue weighted by Crippen LogP contribution is -2.06. The van der Waals surface area contributed by atoms with E-state index in [2.05, 4.69) is 30.4 Å². The Bertz CT molecular complexity index is 1440. The second-order valence-corrected chi connectivity index (χ2v) is 7.47. The number of rotatable bonds is 6. The van der Waals surface area contributed by atoms with Gasteiger partial charge in [0.05, 0.1) is 30.1 Å². The van der Waals surface area contributed by atoms with Crippen molar-refractivity contribution < 1.29 is 9.13 Å². The van der Waals surface area contributed by atoms with Crippen molar-refractivity contribution in [3.63, 3.8) is 0 Å². The highest BCUT2D eigenvalue weighted by Crippen LogP contribution is 2.28. The average Bonchev–Trinajstić information content (AvgIpc) is 3.22. The third-order valence-corrected chi connectivity index (χ3v) is 5.40. The molecule has 2 aromatic carbocycles. The van der Waals surface area contributed by atoms with E-state index in [1.807, 2.05) is 24.4 Å². The van der Waals surface area contributed by atoms with E-state index < -0.39 is 5.82 Å². The molecule has 0 saturated heterocycles. The summed E-state index contributed by atoms with van der Waals surface area (Å²) in [6.07, 6.45) is 6.60. The molecule has 3 aromatic heterocycles.